The van der Waals surface area contributed by atoms with Crippen molar-refractivity contribution in [2.75, 3.05) is 5.73 Å². The number of nitrogens with zero attached hydrogens (tertiary/aromatic N) is 1. The lowest BCUT2D eigenvalue weighted by Crippen LogP contribution is -2.16. The molecule has 1 aromatic heterocycles. The Labute approximate surface area is 99.3 Å². The topological polar surface area (TPSA) is 64.9 Å². The summed E-state index contributed by atoms with van der Waals surface area (Å²) in [6.45, 7) is 1.89. The Morgan fingerprint density at radius 2 is 1.94 bits per heavy atom. The predicted molar refractivity (Wildman–Crippen MR) is 65.8 cm³/mol. The number of rotatable bonds is 2. The molecule has 0 fully saturated rings. The summed E-state index contributed by atoms with van der Waals surface area (Å²) in [7, 11) is 0. The first kappa shape index (κ1) is 11.5. The maximum absolute atomic E-state index is 13.6. The minimum absolute atomic E-state index is 0.332. The van der Waals surface area contributed by atoms with E-state index in [0.29, 0.717) is 16.9 Å². The van der Waals surface area contributed by atoms with Gasteiger partial charge in [0.1, 0.15) is 11.6 Å². The van der Waals surface area contributed by atoms with Crippen molar-refractivity contribution in [3.05, 3.63) is 59.0 Å². The van der Waals surface area contributed by atoms with E-state index in [1.54, 1.807) is 24.4 Å². The SMILES string of the molecule is Cc1cnc(N)c(C(N)c2ccccc2F)c1. The van der Waals surface area contributed by atoms with Crippen LogP contribution in [0, 0.1) is 12.7 Å². The second-order valence-corrected chi connectivity index (χ2v) is 3.99. The highest BCUT2D eigenvalue weighted by Gasteiger charge is 2.16. The number of aromatic nitrogens is 1. The molecule has 1 unspecified atom stereocenters. The highest BCUT2D eigenvalue weighted by atomic mass is 19.1. The monoisotopic (exact) mass is 231 g/mol. The number of halogens is 1. The van der Waals surface area contributed by atoms with Gasteiger partial charge in [-0.3, -0.25) is 0 Å². The Hall–Kier alpha value is -1.94. The van der Waals surface area contributed by atoms with Crippen LogP contribution in [0.15, 0.2) is 36.5 Å². The summed E-state index contributed by atoms with van der Waals surface area (Å²) in [5, 5.41) is 0. The molecular formula is C13H14FN3. The molecule has 17 heavy (non-hydrogen) atoms. The van der Waals surface area contributed by atoms with Gasteiger partial charge < -0.3 is 11.5 Å². The van der Waals surface area contributed by atoms with Crippen LogP contribution >= 0.6 is 0 Å². The van der Waals surface area contributed by atoms with Gasteiger partial charge in [-0.25, -0.2) is 9.37 Å². The van der Waals surface area contributed by atoms with Gasteiger partial charge >= 0.3 is 0 Å². The number of aryl methyl sites for hydroxylation is 1. The Bertz CT molecular complexity index is 540. The van der Waals surface area contributed by atoms with Crippen LogP contribution in [-0.4, -0.2) is 4.98 Å². The summed E-state index contributed by atoms with van der Waals surface area (Å²) in [5.74, 6) is 0.00672. The largest absolute Gasteiger partial charge is 0.383 e. The van der Waals surface area contributed by atoms with Crippen LogP contribution in [-0.2, 0) is 0 Å². The summed E-state index contributed by atoms with van der Waals surface area (Å²) in [6.07, 6.45) is 1.66. The number of benzene rings is 1. The van der Waals surface area contributed by atoms with Gasteiger partial charge in [0.2, 0.25) is 0 Å². The zero-order valence-electron chi connectivity index (χ0n) is 9.52. The molecule has 2 rings (SSSR count). The Morgan fingerprint density at radius 1 is 1.24 bits per heavy atom. The molecule has 1 aromatic carbocycles. The Balaban J connectivity index is 2.47. The lowest BCUT2D eigenvalue weighted by Gasteiger charge is -2.15. The number of hydrogen-bond donors (Lipinski definition) is 2. The van der Waals surface area contributed by atoms with Crippen molar-refractivity contribution >= 4 is 5.82 Å². The Morgan fingerprint density at radius 3 is 2.65 bits per heavy atom. The quantitative estimate of drug-likeness (QED) is 0.832. The van der Waals surface area contributed by atoms with Crippen molar-refractivity contribution < 1.29 is 4.39 Å². The van der Waals surface area contributed by atoms with Crippen LogP contribution in [0.1, 0.15) is 22.7 Å². The molecule has 0 aliphatic heterocycles. The summed E-state index contributed by atoms with van der Waals surface area (Å²) in [4.78, 5) is 4.03. The Kier molecular flexibility index (Phi) is 3.06. The van der Waals surface area contributed by atoms with E-state index in [-0.39, 0.29) is 5.82 Å². The molecule has 3 nitrogen and oxygen atoms in total. The molecule has 0 bridgehead atoms. The number of nitrogens with two attached hydrogens (primary N) is 2. The van der Waals surface area contributed by atoms with E-state index in [4.69, 9.17) is 11.5 Å². The summed E-state index contributed by atoms with van der Waals surface area (Å²) in [6, 6.07) is 7.65. The zero-order chi connectivity index (χ0) is 12.4. The molecule has 0 aliphatic rings. The molecule has 1 atom stereocenters. The van der Waals surface area contributed by atoms with Crippen molar-refractivity contribution in [3.63, 3.8) is 0 Å². The van der Waals surface area contributed by atoms with Gasteiger partial charge in [0.25, 0.3) is 0 Å². The fourth-order valence-corrected chi connectivity index (χ4v) is 1.75. The molecule has 0 radical (unpaired) electrons. The molecule has 0 saturated carbocycles. The van der Waals surface area contributed by atoms with E-state index in [2.05, 4.69) is 4.98 Å². The second kappa shape index (κ2) is 4.51. The molecule has 4 heteroatoms. The number of hydrogen-bond acceptors (Lipinski definition) is 3. The van der Waals surface area contributed by atoms with Crippen LogP contribution in [0.25, 0.3) is 0 Å². The third-order valence-corrected chi connectivity index (χ3v) is 2.66. The van der Waals surface area contributed by atoms with Crippen LogP contribution < -0.4 is 11.5 Å². The highest BCUT2D eigenvalue weighted by molar-refractivity contribution is 5.47. The highest BCUT2D eigenvalue weighted by Crippen LogP contribution is 2.25. The summed E-state index contributed by atoms with van der Waals surface area (Å²) < 4.78 is 13.6. The van der Waals surface area contributed by atoms with Gasteiger partial charge in [-0.1, -0.05) is 18.2 Å². The predicted octanol–water partition coefficient (Wildman–Crippen LogP) is 2.16. The smallest absolute Gasteiger partial charge is 0.128 e. The number of nitrogen functional groups attached to an aromatic ring is 1. The maximum Gasteiger partial charge on any atom is 0.128 e. The third kappa shape index (κ3) is 2.26. The molecular weight excluding hydrogens is 217 g/mol. The number of pyridine rings is 1. The fraction of sp³-hybridized carbons (Fsp3) is 0.154. The van der Waals surface area contributed by atoms with Gasteiger partial charge in [0.15, 0.2) is 0 Å². The van der Waals surface area contributed by atoms with Gasteiger partial charge in [0, 0.05) is 17.3 Å². The van der Waals surface area contributed by atoms with Gasteiger partial charge in [0.05, 0.1) is 6.04 Å². The van der Waals surface area contributed by atoms with Crippen molar-refractivity contribution in [2.24, 2.45) is 5.73 Å². The van der Waals surface area contributed by atoms with Gasteiger partial charge in [-0.2, -0.15) is 0 Å². The zero-order valence-corrected chi connectivity index (χ0v) is 9.52. The normalized spacial score (nSPS) is 12.4. The maximum atomic E-state index is 13.6. The van der Waals surface area contributed by atoms with Crippen LogP contribution in [0.5, 0.6) is 0 Å². The minimum atomic E-state index is -0.594. The van der Waals surface area contributed by atoms with Crippen molar-refractivity contribution in [1.29, 1.82) is 0 Å². The van der Waals surface area contributed by atoms with Crippen molar-refractivity contribution in [3.8, 4) is 0 Å². The van der Waals surface area contributed by atoms with E-state index >= 15 is 0 Å². The third-order valence-electron chi connectivity index (χ3n) is 2.66. The molecule has 0 spiro atoms. The fourth-order valence-electron chi connectivity index (χ4n) is 1.75. The van der Waals surface area contributed by atoms with Crippen molar-refractivity contribution in [2.45, 2.75) is 13.0 Å². The molecule has 1 heterocycles. The summed E-state index contributed by atoms with van der Waals surface area (Å²) in [5.41, 5.74) is 13.8. The van der Waals surface area contributed by atoms with E-state index in [0.717, 1.165) is 5.56 Å². The van der Waals surface area contributed by atoms with E-state index in [1.165, 1.54) is 6.07 Å². The van der Waals surface area contributed by atoms with E-state index in [1.807, 2.05) is 13.0 Å². The van der Waals surface area contributed by atoms with Crippen molar-refractivity contribution in [1.82, 2.24) is 4.98 Å². The van der Waals surface area contributed by atoms with Crippen LogP contribution in [0.3, 0.4) is 0 Å². The van der Waals surface area contributed by atoms with E-state index < -0.39 is 6.04 Å². The molecule has 0 aliphatic carbocycles. The second-order valence-electron chi connectivity index (χ2n) is 3.99. The van der Waals surface area contributed by atoms with Gasteiger partial charge in [-0.05, 0) is 24.6 Å². The lowest BCUT2D eigenvalue weighted by molar-refractivity contribution is 0.599. The lowest BCUT2D eigenvalue weighted by atomic mass is 9.99. The van der Waals surface area contributed by atoms with E-state index in [9.17, 15) is 4.39 Å². The molecule has 88 valence electrons. The summed E-state index contributed by atoms with van der Waals surface area (Å²) >= 11 is 0. The van der Waals surface area contributed by atoms with Crippen LogP contribution in [0.2, 0.25) is 0 Å². The first-order valence-corrected chi connectivity index (χ1v) is 5.31. The first-order chi connectivity index (χ1) is 8.09. The molecule has 0 amide bonds. The molecule has 2 aromatic rings. The average Bonchev–Trinajstić information content (AvgIpc) is 2.32. The average molecular weight is 231 g/mol. The molecule has 4 N–H and O–H groups in total. The van der Waals surface area contributed by atoms with Crippen LogP contribution in [0.4, 0.5) is 10.2 Å². The first-order valence-electron chi connectivity index (χ1n) is 5.31. The molecule has 0 saturated heterocycles. The standard InChI is InChI=1S/C13H14FN3/c1-8-6-10(13(16)17-7-8)12(15)9-4-2-3-5-11(9)14/h2-7,12H,15H2,1H3,(H2,16,17). The van der Waals surface area contributed by atoms with Gasteiger partial charge in [-0.15, -0.1) is 0 Å². The minimum Gasteiger partial charge on any atom is -0.383 e. The number of anilines is 1.